The van der Waals surface area contributed by atoms with Gasteiger partial charge in [0.15, 0.2) is 0 Å². The molecule has 2 aliphatic heterocycles. The molecule has 0 aliphatic carbocycles. The van der Waals surface area contributed by atoms with Crippen LogP contribution in [0.1, 0.15) is 12.8 Å². The highest BCUT2D eigenvalue weighted by atomic mass is 31.2. The van der Waals surface area contributed by atoms with Gasteiger partial charge in [-0.2, -0.15) is 0 Å². The van der Waals surface area contributed by atoms with Crippen LogP contribution in [0.25, 0.3) is 0 Å². The van der Waals surface area contributed by atoms with Gasteiger partial charge < -0.3 is 0 Å². The maximum Gasteiger partial charge on any atom is 0.516 e. The number of hydrogen-bond donors (Lipinski definition) is 0. The van der Waals surface area contributed by atoms with E-state index in [0.29, 0.717) is 0 Å². The van der Waals surface area contributed by atoms with Crippen LogP contribution < -0.4 is 0 Å². The molecule has 17 heavy (non-hydrogen) atoms. The molecule has 11 heteroatoms. The van der Waals surface area contributed by atoms with Gasteiger partial charge in [-0.05, 0) is 12.8 Å². The Bertz CT molecular complexity index is 392. The van der Waals surface area contributed by atoms with E-state index < -0.39 is 34.4 Å². The molecule has 2 aliphatic rings. The molecule has 0 aromatic carbocycles. The quantitative estimate of drug-likeness (QED) is 0.745. The van der Waals surface area contributed by atoms with E-state index in [-0.39, 0.29) is 19.4 Å². The Morgan fingerprint density at radius 1 is 1.06 bits per heavy atom. The molecular formula is C6H9F3O6P2. The van der Waals surface area contributed by atoms with Gasteiger partial charge in [0, 0.05) is 0 Å². The van der Waals surface area contributed by atoms with Crippen molar-refractivity contribution in [1.29, 1.82) is 0 Å². The van der Waals surface area contributed by atoms with E-state index in [0.717, 1.165) is 0 Å². The zero-order chi connectivity index (χ0) is 12.7. The molecule has 100 valence electrons. The third-order valence-corrected chi connectivity index (χ3v) is 4.23. The maximum absolute atomic E-state index is 12.9. The Labute approximate surface area is 94.7 Å². The molecule has 0 amide bonds. The lowest BCUT2D eigenvalue weighted by molar-refractivity contribution is 0.0284. The van der Waals surface area contributed by atoms with Crippen molar-refractivity contribution in [2.45, 2.75) is 31.4 Å². The monoisotopic (exact) mass is 296 g/mol. The Kier molecular flexibility index (Phi) is 3.69. The summed E-state index contributed by atoms with van der Waals surface area (Å²) in [6, 6.07) is 0. The molecule has 6 nitrogen and oxygen atoms in total. The minimum absolute atomic E-state index is 0.0162. The molecule has 5 unspecified atom stereocenters. The van der Waals surface area contributed by atoms with E-state index in [1.807, 2.05) is 0 Å². The van der Waals surface area contributed by atoms with E-state index in [1.54, 1.807) is 0 Å². The largest absolute Gasteiger partial charge is 0.516 e. The van der Waals surface area contributed by atoms with E-state index in [1.165, 1.54) is 0 Å². The van der Waals surface area contributed by atoms with Crippen LogP contribution in [-0.2, 0) is 27.2 Å². The van der Waals surface area contributed by atoms with Gasteiger partial charge in [-0.25, -0.2) is 18.0 Å². The summed E-state index contributed by atoms with van der Waals surface area (Å²) in [5.74, 6) is 0. The van der Waals surface area contributed by atoms with Crippen LogP contribution in [0.3, 0.4) is 0 Å². The summed E-state index contributed by atoms with van der Waals surface area (Å²) in [7, 11) is -9.31. The molecule has 0 radical (unpaired) electrons. The van der Waals surface area contributed by atoms with Crippen molar-refractivity contribution < 1.29 is 40.0 Å². The molecule has 2 saturated heterocycles. The van der Waals surface area contributed by atoms with Crippen molar-refractivity contribution in [3.63, 3.8) is 0 Å². The van der Waals surface area contributed by atoms with Crippen LogP contribution in [0.2, 0.25) is 0 Å². The van der Waals surface area contributed by atoms with Crippen LogP contribution >= 0.6 is 15.8 Å². The fourth-order valence-electron chi connectivity index (χ4n) is 1.50. The summed E-state index contributed by atoms with van der Waals surface area (Å²) < 4.78 is 76.1. The van der Waals surface area contributed by atoms with Crippen molar-refractivity contribution in [2.75, 3.05) is 6.61 Å². The van der Waals surface area contributed by atoms with Crippen molar-refractivity contribution in [3.05, 3.63) is 0 Å². The van der Waals surface area contributed by atoms with Crippen molar-refractivity contribution in [1.82, 2.24) is 0 Å². The minimum Gasteiger partial charge on any atom is -0.281 e. The van der Waals surface area contributed by atoms with Gasteiger partial charge in [-0.15, -0.1) is 8.39 Å². The molecular weight excluding hydrogens is 287 g/mol. The third-order valence-electron chi connectivity index (χ3n) is 2.24. The highest BCUT2D eigenvalue weighted by molar-refractivity contribution is 7.48. The average Bonchev–Trinajstić information content (AvgIpc) is 2.63. The predicted molar refractivity (Wildman–Crippen MR) is 48.3 cm³/mol. The van der Waals surface area contributed by atoms with Crippen molar-refractivity contribution >= 4 is 15.8 Å². The molecule has 0 aromatic heterocycles. The van der Waals surface area contributed by atoms with Gasteiger partial charge in [0.1, 0.15) is 6.10 Å². The van der Waals surface area contributed by atoms with E-state index >= 15 is 0 Å². The first-order chi connectivity index (χ1) is 7.77. The van der Waals surface area contributed by atoms with Gasteiger partial charge in [0.05, 0.1) is 12.7 Å². The van der Waals surface area contributed by atoms with Gasteiger partial charge in [0.25, 0.3) is 0 Å². The Balaban J connectivity index is 1.80. The fraction of sp³-hybridized carbons (Fsp3) is 1.00. The Morgan fingerprint density at radius 3 is 2.24 bits per heavy atom. The van der Waals surface area contributed by atoms with Crippen LogP contribution in [0, 0.1) is 0 Å². The number of halogens is 3. The second-order valence-electron chi connectivity index (χ2n) is 3.56. The lowest BCUT2D eigenvalue weighted by Gasteiger charge is -2.11. The van der Waals surface area contributed by atoms with Crippen LogP contribution in [0.5, 0.6) is 0 Å². The Hall–Kier alpha value is 0.0900. The smallest absolute Gasteiger partial charge is 0.281 e. The standard InChI is InChI=1S/C6H9F3O6P2/c7-6-5(14-17(9,11)15-6)2-1-4-3-12-16(8,10)13-4/h4-6H,1-3H2. The highest BCUT2D eigenvalue weighted by Gasteiger charge is 2.46. The number of rotatable bonds is 3. The summed E-state index contributed by atoms with van der Waals surface area (Å²) >= 11 is 0. The van der Waals surface area contributed by atoms with Gasteiger partial charge >= 0.3 is 15.8 Å². The van der Waals surface area contributed by atoms with E-state index in [4.69, 9.17) is 0 Å². The maximum atomic E-state index is 12.9. The summed E-state index contributed by atoms with van der Waals surface area (Å²) in [6.45, 7) is -0.244. The zero-order valence-electron chi connectivity index (χ0n) is 8.33. The lowest BCUT2D eigenvalue weighted by atomic mass is 10.1. The number of hydrogen-bond acceptors (Lipinski definition) is 6. The third kappa shape index (κ3) is 3.53. The summed E-state index contributed by atoms with van der Waals surface area (Å²) in [6.07, 6.45) is -4.44. The minimum atomic E-state index is -4.82. The molecule has 2 heterocycles. The lowest BCUT2D eigenvalue weighted by Crippen LogP contribution is -2.20. The van der Waals surface area contributed by atoms with E-state index in [9.17, 15) is 21.9 Å². The van der Waals surface area contributed by atoms with Crippen LogP contribution in [0.15, 0.2) is 0 Å². The first-order valence-corrected chi connectivity index (χ1v) is 7.57. The summed E-state index contributed by atoms with van der Waals surface area (Å²) in [5, 5.41) is 0. The number of alkyl halides is 1. The van der Waals surface area contributed by atoms with Crippen molar-refractivity contribution in [3.8, 4) is 0 Å². The second kappa shape index (κ2) is 4.64. The van der Waals surface area contributed by atoms with Gasteiger partial charge in [-0.1, -0.05) is 0 Å². The predicted octanol–water partition coefficient (Wildman–Crippen LogP) is 3.05. The van der Waals surface area contributed by atoms with Crippen molar-refractivity contribution in [2.24, 2.45) is 0 Å². The normalized spacial score (nSPS) is 50.9. The molecule has 2 rings (SSSR count). The zero-order valence-corrected chi connectivity index (χ0v) is 10.1. The molecule has 2 fully saturated rings. The molecule has 0 aromatic rings. The summed E-state index contributed by atoms with van der Waals surface area (Å²) in [4.78, 5) is 0. The highest BCUT2D eigenvalue weighted by Crippen LogP contribution is 2.59. The fourth-order valence-corrected chi connectivity index (χ4v) is 3.38. The van der Waals surface area contributed by atoms with Gasteiger partial charge in [0.2, 0.25) is 6.36 Å². The van der Waals surface area contributed by atoms with E-state index in [2.05, 4.69) is 18.1 Å². The summed E-state index contributed by atoms with van der Waals surface area (Å²) in [5.41, 5.74) is 0. The second-order valence-corrected chi connectivity index (χ2v) is 6.18. The molecule has 0 bridgehead atoms. The average molecular weight is 296 g/mol. The SMILES string of the molecule is O=P1(F)OCC(CCC2OP(=O)(F)OC2F)O1. The van der Waals surface area contributed by atoms with Gasteiger partial charge in [-0.3, -0.25) is 13.6 Å². The molecule has 0 saturated carbocycles. The first-order valence-electron chi connectivity index (χ1n) is 4.71. The first kappa shape index (κ1) is 13.5. The topological polar surface area (TPSA) is 71.1 Å². The molecule has 5 atom stereocenters. The molecule has 0 N–H and O–H groups in total. The Morgan fingerprint density at radius 2 is 1.76 bits per heavy atom. The van der Waals surface area contributed by atoms with Crippen LogP contribution in [0.4, 0.5) is 12.8 Å². The molecule has 0 spiro atoms. The van der Waals surface area contributed by atoms with Crippen LogP contribution in [-0.4, -0.2) is 25.2 Å².